The average Bonchev–Trinajstić information content (AvgIpc) is 2.56. The van der Waals surface area contributed by atoms with E-state index in [1.165, 1.54) is 7.11 Å². The highest BCUT2D eigenvalue weighted by atomic mass is 28.3. The van der Waals surface area contributed by atoms with Gasteiger partial charge in [-0.1, -0.05) is 37.7 Å². The summed E-state index contributed by atoms with van der Waals surface area (Å²) in [6, 6.07) is 9.73. The van der Waals surface area contributed by atoms with Crippen molar-refractivity contribution >= 4 is 24.8 Å². The molecule has 0 unspecified atom stereocenters. The lowest BCUT2D eigenvalue weighted by Crippen LogP contribution is -2.16. The van der Waals surface area contributed by atoms with Gasteiger partial charge in [-0.05, 0) is 23.6 Å². The third-order valence-corrected chi connectivity index (χ3v) is 4.17. The normalized spacial score (nSPS) is 10.7. The van der Waals surface area contributed by atoms with Gasteiger partial charge in [0.15, 0.2) is 18.1 Å². The number of carbonyl (C=O) groups excluding carboxylic acids is 1. The quantitative estimate of drug-likeness (QED) is 0.483. The minimum absolute atomic E-state index is 0.159. The van der Waals surface area contributed by atoms with Gasteiger partial charge in [-0.15, -0.1) is 5.54 Å². The van der Waals surface area contributed by atoms with E-state index in [0.29, 0.717) is 11.5 Å². The van der Waals surface area contributed by atoms with E-state index in [4.69, 9.17) is 9.47 Å². The molecule has 5 heteroatoms. The molecule has 2 rings (SSSR count). The molecular weight excluding hydrogens is 320 g/mol. The van der Waals surface area contributed by atoms with Crippen LogP contribution in [0, 0.1) is 11.5 Å². The first-order valence-corrected chi connectivity index (χ1v) is 11.2. The number of rotatable bonds is 4. The van der Waals surface area contributed by atoms with Crippen LogP contribution in [0.3, 0.4) is 0 Å². The highest BCUT2D eigenvalue weighted by Gasteiger charge is 2.12. The van der Waals surface area contributed by atoms with Gasteiger partial charge in [0.25, 0.3) is 0 Å². The van der Waals surface area contributed by atoms with Gasteiger partial charge in [-0.25, -0.2) is 4.79 Å². The Bertz CT molecular complexity index is 810. The van der Waals surface area contributed by atoms with Crippen LogP contribution in [0.25, 0.3) is 10.8 Å². The van der Waals surface area contributed by atoms with Gasteiger partial charge in [0.05, 0.1) is 14.2 Å². The van der Waals surface area contributed by atoms with Crippen LogP contribution in [-0.4, -0.2) is 34.9 Å². The SMILES string of the molecule is COC(=O)COc1ccc2ccc(C#C[Si](C)(C)C)cc2c1OC. The van der Waals surface area contributed by atoms with Crippen molar-refractivity contribution < 1.29 is 19.0 Å². The fraction of sp³-hybridized carbons (Fsp3) is 0.316. The van der Waals surface area contributed by atoms with Crippen molar-refractivity contribution in [2.45, 2.75) is 19.6 Å². The molecule has 0 aromatic heterocycles. The standard InChI is InChI=1S/C19H22O4Si/c1-21-18(20)13-23-17-9-8-15-7-6-14(10-11-24(3,4)5)12-16(15)19(17)22-2/h6-9,12H,13H2,1-5H3. The number of methoxy groups -OCH3 is 2. The summed E-state index contributed by atoms with van der Waals surface area (Å²) in [6.07, 6.45) is 0. The lowest BCUT2D eigenvalue weighted by Gasteiger charge is -2.13. The van der Waals surface area contributed by atoms with E-state index in [0.717, 1.165) is 16.3 Å². The van der Waals surface area contributed by atoms with Crippen molar-refractivity contribution in [1.29, 1.82) is 0 Å². The van der Waals surface area contributed by atoms with Crippen LogP contribution < -0.4 is 9.47 Å². The average molecular weight is 342 g/mol. The van der Waals surface area contributed by atoms with Crippen LogP contribution >= 0.6 is 0 Å². The van der Waals surface area contributed by atoms with E-state index < -0.39 is 14.0 Å². The molecule has 0 saturated heterocycles. The first-order valence-electron chi connectivity index (χ1n) is 7.67. The lowest BCUT2D eigenvalue weighted by atomic mass is 10.1. The Morgan fingerprint density at radius 2 is 1.83 bits per heavy atom. The first-order chi connectivity index (χ1) is 11.3. The van der Waals surface area contributed by atoms with E-state index in [2.05, 4.69) is 35.8 Å². The maximum Gasteiger partial charge on any atom is 0.343 e. The largest absolute Gasteiger partial charge is 0.492 e. The minimum Gasteiger partial charge on any atom is -0.492 e. The zero-order valence-electron chi connectivity index (χ0n) is 14.7. The first kappa shape index (κ1) is 17.9. The lowest BCUT2D eigenvalue weighted by molar-refractivity contribution is -0.142. The summed E-state index contributed by atoms with van der Waals surface area (Å²) in [5.74, 6) is 3.91. The van der Waals surface area contributed by atoms with Gasteiger partial charge in [0, 0.05) is 10.9 Å². The molecule has 2 aromatic rings. The molecule has 0 amide bonds. The molecule has 0 fully saturated rings. The Kier molecular flexibility index (Phi) is 5.53. The molecule has 2 aromatic carbocycles. The van der Waals surface area contributed by atoms with E-state index in [9.17, 15) is 4.79 Å². The second-order valence-electron chi connectivity index (χ2n) is 6.40. The van der Waals surface area contributed by atoms with Gasteiger partial charge >= 0.3 is 5.97 Å². The number of ether oxygens (including phenoxy) is 3. The predicted octanol–water partition coefficient (Wildman–Crippen LogP) is 3.63. The molecule has 0 bridgehead atoms. The third kappa shape index (κ3) is 4.53. The molecule has 0 atom stereocenters. The minimum atomic E-state index is -1.44. The number of hydrogen-bond acceptors (Lipinski definition) is 4. The topological polar surface area (TPSA) is 44.8 Å². The van der Waals surface area contributed by atoms with Crippen molar-refractivity contribution in [2.24, 2.45) is 0 Å². The molecule has 0 spiro atoms. The van der Waals surface area contributed by atoms with Crippen LogP contribution in [0.1, 0.15) is 5.56 Å². The van der Waals surface area contributed by atoms with E-state index >= 15 is 0 Å². The number of esters is 1. The number of benzene rings is 2. The van der Waals surface area contributed by atoms with Crippen molar-refractivity contribution in [3.63, 3.8) is 0 Å². The van der Waals surface area contributed by atoms with Gasteiger partial charge in [0.2, 0.25) is 0 Å². The van der Waals surface area contributed by atoms with Gasteiger partial charge in [-0.2, -0.15) is 0 Å². The monoisotopic (exact) mass is 342 g/mol. The predicted molar refractivity (Wildman–Crippen MR) is 98.2 cm³/mol. The van der Waals surface area contributed by atoms with Crippen LogP contribution in [0.5, 0.6) is 11.5 Å². The molecule has 4 nitrogen and oxygen atoms in total. The van der Waals surface area contributed by atoms with Gasteiger partial charge in [-0.3, -0.25) is 0 Å². The third-order valence-electron chi connectivity index (χ3n) is 3.30. The van der Waals surface area contributed by atoms with Crippen molar-refractivity contribution in [3.05, 3.63) is 35.9 Å². The van der Waals surface area contributed by atoms with Crippen molar-refractivity contribution in [3.8, 4) is 23.0 Å². The summed E-state index contributed by atoms with van der Waals surface area (Å²) < 4.78 is 15.6. The fourth-order valence-corrected chi connectivity index (χ4v) is 2.65. The smallest absolute Gasteiger partial charge is 0.343 e. The van der Waals surface area contributed by atoms with Gasteiger partial charge < -0.3 is 14.2 Å². The molecule has 0 saturated carbocycles. The summed E-state index contributed by atoms with van der Waals surface area (Å²) in [5, 5.41) is 1.93. The fourth-order valence-electron chi connectivity index (χ4n) is 2.13. The Labute approximate surface area is 143 Å². The van der Waals surface area contributed by atoms with Crippen LogP contribution in [-0.2, 0) is 9.53 Å². The van der Waals surface area contributed by atoms with E-state index in [-0.39, 0.29) is 6.61 Å². The molecule has 24 heavy (non-hydrogen) atoms. The van der Waals surface area contributed by atoms with E-state index in [1.807, 2.05) is 24.3 Å². The Morgan fingerprint density at radius 3 is 2.46 bits per heavy atom. The number of carbonyl (C=O) groups is 1. The maximum absolute atomic E-state index is 11.3. The highest BCUT2D eigenvalue weighted by Crippen LogP contribution is 2.36. The van der Waals surface area contributed by atoms with Gasteiger partial charge in [0.1, 0.15) is 8.07 Å². The molecule has 0 aliphatic rings. The van der Waals surface area contributed by atoms with Crippen molar-refractivity contribution in [2.75, 3.05) is 20.8 Å². The second kappa shape index (κ2) is 7.41. The second-order valence-corrected chi connectivity index (χ2v) is 11.1. The van der Waals surface area contributed by atoms with Crippen LogP contribution in [0.2, 0.25) is 19.6 Å². The Morgan fingerprint density at radius 1 is 1.12 bits per heavy atom. The Hall–Kier alpha value is -2.45. The molecular formula is C19H22O4Si. The summed E-state index contributed by atoms with van der Waals surface area (Å²) in [4.78, 5) is 11.3. The van der Waals surface area contributed by atoms with E-state index in [1.54, 1.807) is 13.2 Å². The summed E-state index contributed by atoms with van der Waals surface area (Å²) >= 11 is 0. The molecule has 0 N–H and O–H groups in total. The molecule has 0 aliphatic heterocycles. The van der Waals surface area contributed by atoms with Crippen LogP contribution in [0.4, 0.5) is 0 Å². The molecule has 0 aliphatic carbocycles. The highest BCUT2D eigenvalue weighted by molar-refractivity contribution is 6.83. The summed E-state index contributed by atoms with van der Waals surface area (Å²) in [5.41, 5.74) is 4.30. The zero-order chi connectivity index (χ0) is 17.7. The molecule has 0 heterocycles. The summed E-state index contributed by atoms with van der Waals surface area (Å²) in [6.45, 7) is 6.47. The summed E-state index contributed by atoms with van der Waals surface area (Å²) in [7, 11) is 1.47. The molecule has 126 valence electrons. The number of hydrogen-bond donors (Lipinski definition) is 0. The zero-order valence-corrected chi connectivity index (χ0v) is 15.7. The maximum atomic E-state index is 11.3. The van der Waals surface area contributed by atoms with Crippen LogP contribution in [0.15, 0.2) is 30.3 Å². The molecule has 0 radical (unpaired) electrons. The number of fused-ring (bicyclic) bond motifs is 1. The Balaban J connectivity index is 2.44. The van der Waals surface area contributed by atoms with Crippen molar-refractivity contribution in [1.82, 2.24) is 0 Å².